The van der Waals surface area contributed by atoms with Crippen molar-refractivity contribution in [3.63, 3.8) is 0 Å². The normalized spacial score (nSPS) is 37.4. The molecule has 0 spiro atoms. The van der Waals surface area contributed by atoms with E-state index < -0.39 is 26.0 Å². The summed E-state index contributed by atoms with van der Waals surface area (Å²) in [5, 5.41) is 0. The molecule has 0 aromatic heterocycles. The third kappa shape index (κ3) is 4.00. The van der Waals surface area contributed by atoms with Crippen LogP contribution in [0.25, 0.3) is 0 Å². The fourth-order valence-electron chi connectivity index (χ4n) is 0.0884. The zero-order valence-electron chi connectivity index (χ0n) is 10.2. The van der Waals surface area contributed by atoms with Gasteiger partial charge >= 0.3 is 0 Å². The van der Waals surface area contributed by atoms with Crippen molar-refractivity contribution < 1.29 is 9.60 Å². The van der Waals surface area contributed by atoms with Crippen LogP contribution in [0.4, 0.5) is 0 Å². The molecule has 0 aliphatic heterocycles. The topological polar surface area (TPSA) is 0 Å². The van der Waals surface area contributed by atoms with Crippen LogP contribution in [-0.4, -0.2) is 0 Å². The second kappa shape index (κ2) is 4.00. The van der Waals surface area contributed by atoms with Gasteiger partial charge in [0.05, 0.1) is 0 Å². The zero-order valence-corrected chi connectivity index (χ0v) is 3.21. The van der Waals surface area contributed by atoms with Crippen molar-refractivity contribution in [2.45, 2.75) is 32.9 Å². The SMILES string of the molecule is [2H]C([2H])([2H])CC([2H])([2H])C([2H])([2H])C. The predicted octanol–water partition coefficient (Wildman–Crippen LogP) is 2.20. The summed E-state index contributed by atoms with van der Waals surface area (Å²) >= 11 is 0. The highest BCUT2D eigenvalue weighted by Gasteiger charge is 1.68. The molecule has 0 fully saturated rings. The van der Waals surface area contributed by atoms with Gasteiger partial charge in [0.2, 0.25) is 0 Å². The Balaban J connectivity index is 4.44. The Bertz CT molecular complexity index is 150. The van der Waals surface area contributed by atoms with Crippen LogP contribution in [0.3, 0.4) is 0 Å². The van der Waals surface area contributed by atoms with Crippen LogP contribution in [0, 0.1) is 0 Å². The Labute approximate surface area is 44.0 Å². The Kier molecular flexibility index (Phi) is 0.529. The molecular weight excluding hydrogens is 60.1 g/mol. The van der Waals surface area contributed by atoms with E-state index in [1.54, 1.807) is 0 Å². The Morgan fingerprint density at radius 1 is 2.00 bits per heavy atom. The molecule has 0 radical (unpaired) electrons. The van der Waals surface area contributed by atoms with Crippen molar-refractivity contribution in [2.75, 3.05) is 0 Å². The van der Waals surface area contributed by atoms with E-state index in [9.17, 15) is 0 Å². The second-order valence-electron chi connectivity index (χ2n) is 0.604. The third-order valence-electron chi connectivity index (χ3n) is 0.265. The lowest BCUT2D eigenvalue weighted by atomic mass is 10.3. The third-order valence-corrected chi connectivity index (χ3v) is 0.265. The molecule has 0 aliphatic rings. The van der Waals surface area contributed by atoms with Gasteiger partial charge in [0, 0.05) is 9.60 Å². The van der Waals surface area contributed by atoms with Crippen molar-refractivity contribution in [1.82, 2.24) is 0 Å². The van der Waals surface area contributed by atoms with E-state index in [1.807, 2.05) is 0 Å². The standard InChI is InChI=1S/C5H12/c1-3-5-4-2/h3-5H2,1-2H3/i1D3,4D2,5D2. The van der Waals surface area contributed by atoms with E-state index in [0.29, 0.717) is 0 Å². The first-order valence-electron chi connectivity index (χ1n) is 4.96. The average Bonchev–Trinajstić information content (AvgIpc) is 1.52. The maximum Gasteiger partial charge on any atom is 0.0266 e. The molecular formula is C5H12. The molecule has 0 aromatic carbocycles. The van der Waals surface area contributed by atoms with Crippen LogP contribution in [-0.2, 0) is 0 Å². The minimum atomic E-state index is -2.42. The Hall–Kier alpha value is 0. The van der Waals surface area contributed by atoms with Gasteiger partial charge in [-0.3, -0.25) is 0 Å². The van der Waals surface area contributed by atoms with Crippen LogP contribution in [0.5, 0.6) is 0 Å². The summed E-state index contributed by atoms with van der Waals surface area (Å²) in [5.74, 6) is 0. The highest BCUT2D eigenvalue weighted by Crippen LogP contribution is 1.88. The fourth-order valence-corrected chi connectivity index (χ4v) is 0.0884. The molecule has 0 heteroatoms. The minimum Gasteiger partial charge on any atom is -0.0654 e. The monoisotopic (exact) mass is 79.1 g/mol. The van der Waals surface area contributed by atoms with Crippen LogP contribution in [0.2, 0.25) is 0 Å². The molecule has 0 bridgehead atoms. The van der Waals surface area contributed by atoms with Crippen molar-refractivity contribution in [1.29, 1.82) is 0 Å². The first-order chi connectivity index (χ1) is 4.96. The highest BCUT2D eigenvalue weighted by molar-refractivity contribution is 4.24. The van der Waals surface area contributed by atoms with Gasteiger partial charge in [0.15, 0.2) is 0 Å². The largest absolute Gasteiger partial charge is 0.0654 e. The molecule has 0 N–H and O–H groups in total. The lowest BCUT2D eigenvalue weighted by Crippen LogP contribution is -1.59. The van der Waals surface area contributed by atoms with Crippen LogP contribution in [0.15, 0.2) is 0 Å². The highest BCUT2D eigenvalue weighted by atomic mass is 13.7. The van der Waals surface area contributed by atoms with Gasteiger partial charge < -0.3 is 0 Å². The summed E-state index contributed by atoms with van der Waals surface area (Å²) in [6.07, 6.45) is -5.19. The minimum absolute atomic E-state index is 0.760. The van der Waals surface area contributed by atoms with Gasteiger partial charge in [-0.25, -0.2) is 0 Å². The van der Waals surface area contributed by atoms with Gasteiger partial charge in [-0.15, -0.1) is 0 Å². The van der Waals surface area contributed by atoms with E-state index >= 15 is 0 Å². The molecule has 0 aliphatic carbocycles. The molecule has 0 saturated carbocycles. The number of rotatable bonds is 2. The molecule has 0 unspecified atom stereocenters. The molecule has 5 heavy (non-hydrogen) atoms. The molecule has 0 saturated heterocycles. The van der Waals surface area contributed by atoms with Crippen LogP contribution < -0.4 is 0 Å². The second-order valence-corrected chi connectivity index (χ2v) is 0.604. The summed E-state index contributed by atoms with van der Waals surface area (Å²) in [7, 11) is 0. The Morgan fingerprint density at radius 3 is 3.00 bits per heavy atom. The fraction of sp³-hybridized carbons (Fsp3) is 1.00. The van der Waals surface area contributed by atoms with E-state index in [0.717, 1.165) is 6.92 Å². The summed E-state index contributed by atoms with van der Waals surface area (Å²) in [4.78, 5) is 0. The van der Waals surface area contributed by atoms with E-state index in [4.69, 9.17) is 9.60 Å². The Morgan fingerprint density at radius 2 is 2.80 bits per heavy atom. The smallest absolute Gasteiger partial charge is 0.0266 e. The molecule has 0 nitrogen and oxygen atoms in total. The summed E-state index contributed by atoms with van der Waals surface area (Å²) in [6.45, 7) is -1.38. The van der Waals surface area contributed by atoms with E-state index in [-0.39, 0.29) is 0 Å². The predicted molar refractivity (Wildman–Crippen MR) is 25.2 cm³/mol. The first kappa shape index (κ1) is 0.661. The van der Waals surface area contributed by atoms with Crippen molar-refractivity contribution in [3.05, 3.63) is 0 Å². The summed E-state index contributed by atoms with van der Waals surface area (Å²) in [6, 6.07) is 0. The van der Waals surface area contributed by atoms with Gasteiger partial charge in [-0.05, 0) is 0 Å². The first-order valence-corrected chi connectivity index (χ1v) is 1.46. The van der Waals surface area contributed by atoms with Gasteiger partial charge in [-0.2, -0.15) is 0 Å². The summed E-state index contributed by atoms with van der Waals surface area (Å²) < 4.78 is 48.8. The van der Waals surface area contributed by atoms with Gasteiger partial charge in [0.25, 0.3) is 0 Å². The molecule has 0 heterocycles. The van der Waals surface area contributed by atoms with Crippen molar-refractivity contribution in [2.24, 2.45) is 0 Å². The van der Waals surface area contributed by atoms with E-state index in [2.05, 4.69) is 0 Å². The van der Waals surface area contributed by atoms with Crippen molar-refractivity contribution in [3.8, 4) is 0 Å². The maximum atomic E-state index is 7.16. The van der Waals surface area contributed by atoms with Crippen LogP contribution in [0.1, 0.15) is 42.5 Å². The average molecular weight is 79.2 g/mol. The lowest BCUT2D eigenvalue weighted by molar-refractivity contribution is 0.772. The zero-order chi connectivity index (χ0) is 10.2. The van der Waals surface area contributed by atoms with Crippen LogP contribution >= 0.6 is 0 Å². The van der Waals surface area contributed by atoms with Gasteiger partial charge in [0.1, 0.15) is 0 Å². The molecule has 32 valence electrons. The molecule has 0 rings (SSSR count). The van der Waals surface area contributed by atoms with Crippen molar-refractivity contribution >= 4 is 0 Å². The number of hydrogen-bond donors (Lipinski definition) is 0. The number of hydrogen-bond acceptors (Lipinski definition) is 0. The molecule has 0 aromatic rings. The quantitative estimate of drug-likeness (QED) is 0.476. The molecule has 0 amide bonds. The van der Waals surface area contributed by atoms with Gasteiger partial charge in [-0.1, -0.05) is 32.9 Å². The van der Waals surface area contributed by atoms with E-state index in [1.165, 1.54) is 0 Å². The maximum absolute atomic E-state index is 7.16. The summed E-state index contributed by atoms with van der Waals surface area (Å²) in [5.41, 5.74) is 0. The molecule has 0 atom stereocenters. The lowest BCUT2D eigenvalue weighted by Gasteiger charge is -1.79.